The van der Waals surface area contributed by atoms with Crippen molar-refractivity contribution in [3.05, 3.63) is 87.3 Å². The average Bonchev–Trinajstić information content (AvgIpc) is 3.37. The predicted molar refractivity (Wildman–Crippen MR) is 146 cm³/mol. The second kappa shape index (κ2) is 11.6. The summed E-state index contributed by atoms with van der Waals surface area (Å²) >= 11 is 6.97. The third-order valence-corrected chi connectivity index (χ3v) is 10.4. The van der Waals surface area contributed by atoms with Gasteiger partial charge in [-0.2, -0.15) is 17.5 Å². The number of carbonyl (C=O) groups is 1. The summed E-state index contributed by atoms with van der Waals surface area (Å²) < 4.78 is 66.9. The van der Waals surface area contributed by atoms with Crippen LogP contribution in [0.3, 0.4) is 0 Å². The Kier molecular flexibility index (Phi) is 8.77. The third-order valence-electron chi connectivity index (χ3n) is 6.71. The van der Waals surface area contributed by atoms with Gasteiger partial charge in [-0.05, 0) is 80.8 Å². The van der Waals surface area contributed by atoms with Crippen LogP contribution < -0.4 is 10.6 Å². The Bertz CT molecular complexity index is 1400. The van der Waals surface area contributed by atoms with Crippen LogP contribution in [0.25, 0.3) is 0 Å². The molecule has 1 aliphatic rings. The first kappa shape index (κ1) is 29.5. The van der Waals surface area contributed by atoms with Crippen molar-refractivity contribution in [3.8, 4) is 0 Å². The summed E-state index contributed by atoms with van der Waals surface area (Å²) in [6.07, 6.45) is -3.25. The molecule has 12 heteroatoms. The first-order chi connectivity index (χ1) is 18.3. The van der Waals surface area contributed by atoms with E-state index in [1.165, 1.54) is 16.4 Å². The molecule has 0 spiro atoms. The number of sulfonamides is 1. The minimum Gasteiger partial charge on any atom is -0.347 e. The summed E-state index contributed by atoms with van der Waals surface area (Å²) in [5, 5.41) is 6.80. The Balaban J connectivity index is 1.31. The molecule has 4 rings (SSSR count). The van der Waals surface area contributed by atoms with Gasteiger partial charge in [0.2, 0.25) is 0 Å². The van der Waals surface area contributed by atoms with E-state index in [4.69, 9.17) is 11.6 Å². The number of rotatable bonds is 8. The standard InChI is InChI=1S/C27H29ClF3N3O3S2/c1-26(2,19-5-7-20(8-6-19)27(29,30)31)33-22-13-15-34(16-14-22)39(36,37)24-12-11-23(38-24)17-32-25(35)18-3-9-21(28)10-4-18/h3-12,22,33H,13-17H2,1-2H3,(H,32,35). The number of nitrogens with one attached hydrogen (secondary N) is 2. The second-order valence-electron chi connectivity index (χ2n) is 9.93. The molecule has 0 atom stereocenters. The molecule has 2 heterocycles. The number of hydrogen-bond acceptors (Lipinski definition) is 5. The van der Waals surface area contributed by atoms with Crippen molar-refractivity contribution in [2.24, 2.45) is 0 Å². The zero-order valence-corrected chi connectivity index (χ0v) is 23.8. The summed E-state index contributed by atoms with van der Waals surface area (Å²) in [7, 11) is -3.68. The average molecular weight is 600 g/mol. The van der Waals surface area contributed by atoms with Gasteiger partial charge in [0.25, 0.3) is 15.9 Å². The van der Waals surface area contributed by atoms with Gasteiger partial charge in [-0.1, -0.05) is 23.7 Å². The van der Waals surface area contributed by atoms with Gasteiger partial charge in [0.1, 0.15) is 4.21 Å². The van der Waals surface area contributed by atoms with Crippen LogP contribution >= 0.6 is 22.9 Å². The second-order valence-corrected chi connectivity index (χ2v) is 13.7. The van der Waals surface area contributed by atoms with E-state index in [0.717, 1.165) is 29.0 Å². The highest BCUT2D eigenvalue weighted by Crippen LogP contribution is 2.32. The van der Waals surface area contributed by atoms with E-state index in [9.17, 15) is 26.4 Å². The lowest BCUT2D eigenvalue weighted by Gasteiger charge is -2.37. The highest BCUT2D eigenvalue weighted by atomic mass is 35.5. The van der Waals surface area contributed by atoms with Gasteiger partial charge < -0.3 is 10.6 Å². The Morgan fingerprint density at radius 2 is 1.56 bits per heavy atom. The molecule has 0 saturated carbocycles. The van der Waals surface area contributed by atoms with Gasteiger partial charge in [-0.3, -0.25) is 4.79 Å². The van der Waals surface area contributed by atoms with Crippen molar-refractivity contribution in [2.45, 2.75) is 55.2 Å². The summed E-state index contributed by atoms with van der Waals surface area (Å²) in [4.78, 5) is 13.0. The van der Waals surface area contributed by atoms with E-state index in [1.54, 1.807) is 36.4 Å². The summed E-state index contributed by atoms with van der Waals surface area (Å²) in [5.74, 6) is -0.279. The molecule has 1 aromatic heterocycles. The van der Waals surface area contributed by atoms with Gasteiger partial charge in [-0.15, -0.1) is 11.3 Å². The molecule has 210 valence electrons. The highest BCUT2D eigenvalue weighted by molar-refractivity contribution is 7.91. The van der Waals surface area contributed by atoms with Gasteiger partial charge in [-0.25, -0.2) is 8.42 Å². The normalized spacial score (nSPS) is 15.8. The molecular weight excluding hydrogens is 571 g/mol. The maximum absolute atomic E-state index is 13.2. The molecule has 6 nitrogen and oxygen atoms in total. The van der Waals surface area contributed by atoms with Crippen molar-refractivity contribution in [1.82, 2.24) is 14.9 Å². The van der Waals surface area contributed by atoms with Crippen molar-refractivity contribution in [3.63, 3.8) is 0 Å². The van der Waals surface area contributed by atoms with E-state index >= 15 is 0 Å². The van der Waals surface area contributed by atoms with E-state index in [0.29, 0.717) is 41.4 Å². The van der Waals surface area contributed by atoms with Crippen LogP contribution in [0, 0.1) is 0 Å². The first-order valence-corrected chi connectivity index (χ1v) is 15.0. The SMILES string of the molecule is CC(C)(NC1CCN(S(=O)(=O)c2ccc(CNC(=O)c3ccc(Cl)cc3)s2)CC1)c1ccc(C(F)(F)F)cc1. The number of benzene rings is 2. The number of carbonyl (C=O) groups excluding carboxylic acids is 1. The van der Waals surface area contributed by atoms with Crippen LogP contribution in [-0.4, -0.2) is 37.8 Å². The maximum atomic E-state index is 13.2. The molecule has 3 aromatic rings. The van der Waals surface area contributed by atoms with Crippen LogP contribution in [0.15, 0.2) is 64.9 Å². The smallest absolute Gasteiger partial charge is 0.347 e. The van der Waals surface area contributed by atoms with Crippen LogP contribution in [0.2, 0.25) is 5.02 Å². The number of piperidine rings is 1. The number of hydrogen-bond donors (Lipinski definition) is 2. The minimum atomic E-state index is -4.39. The van der Waals surface area contributed by atoms with Crippen LogP contribution in [0.5, 0.6) is 0 Å². The molecule has 0 bridgehead atoms. The fraction of sp³-hybridized carbons (Fsp3) is 0.370. The molecule has 39 heavy (non-hydrogen) atoms. The lowest BCUT2D eigenvalue weighted by molar-refractivity contribution is -0.137. The minimum absolute atomic E-state index is 0.00993. The van der Waals surface area contributed by atoms with Gasteiger partial charge in [0.05, 0.1) is 12.1 Å². The lowest BCUT2D eigenvalue weighted by atomic mass is 9.91. The van der Waals surface area contributed by atoms with Gasteiger partial charge in [0, 0.05) is 40.1 Å². The molecule has 1 amide bonds. The molecular formula is C27H29ClF3N3O3S2. The fourth-order valence-corrected chi connectivity index (χ4v) is 7.55. The molecule has 1 fully saturated rings. The van der Waals surface area contributed by atoms with E-state index in [2.05, 4.69) is 10.6 Å². The number of halogens is 4. The third kappa shape index (κ3) is 7.20. The Labute approximate surface area is 235 Å². The van der Waals surface area contributed by atoms with Crippen molar-refractivity contribution < 1.29 is 26.4 Å². The first-order valence-electron chi connectivity index (χ1n) is 12.3. The predicted octanol–water partition coefficient (Wildman–Crippen LogP) is 6.03. The fourth-order valence-electron chi connectivity index (χ4n) is 4.50. The molecule has 2 aromatic carbocycles. The molecule has 1 saturated heterocycles. The molecule has 0 aliphatic carbocycles. The summed E-state index contributed by atoms with van der Waals surface area (Å²) in [6.45, 7) is 4.65. The number of alkyl halides is 3. The lowest BCUT2D eigenvalue weighted by Crippen LogP contribution is -2.50. The Hall–Kier alpha value is -2.44. The van der Waals surface area contributed by atoms with Crippen LogP contribution in [-0.2, 0) is 28.3 Å². The van der Waals surface area contributed by atoms with Gasteiger partial charge in [0.15, 0.2) is 0 Å². The van der Waals surface area contributed by atoms with Crippen LogP contribution in [0.4, 0.5) is 13.2 Å². The number of amides is 1. The summed E-state index contributed by atoms with van der Waals surface area (Å²) in [5.41, 5.74) is -0.0996. The van der Waals surface area contributed by atoms with Crippen molar-refractivity contribution in [1.29, 1.82) is 0 Å². The topological polar surface area (TPSA) is 78.5 Å². The van der Waals surface area contributed by atoms with Gasteiger partial charge >= 0.3 is 6.18 Å². The number of thiophene rings is 1. The molecule has 1 aliphatic heterocycles. The largest absolute Gasteiger partial charge is 0.416 e. The monoisotopic (exact) mass is 599 g/mol. The van der Waals surface area contributed by atoms with E-state index < -0.39 is 27.3 Å². The Morgan fingerprint density at radius 1 is 0.974 bits per heavy atom. The highest BCUT2D eigenvalue weighted by Gasteiger charge is 2.34. The zero-order valence-electron chi connectivity index (χ0n) is 21.4. The molecule has 0 radical (unpaired) electrons. The van der Waals surface area contributed by atoms with Crippen LogP contribution in [0.1, 0.15) is 53.1 Å². The van der Waals surface area contributed by atoms with Crippen molar-refractivity contribution in [2.75, 3.05) is 13.1 Å². The summed E-state index contributed by atoms with van der Waals surface area (Å²) in [6, 6.07) is 14.8. The van der Waals surface area contributed by atoms with E-state index in [1.807, 2.05) is 13.8 Å². The molecule has 0 unspecified atom stereocenters. The Morgan fingerprint density at radius 3 is 2.15 bits per heavy atom. The molecule has 2 N–H and O–H groups in total. The van der Waals surface area contributed by atoms with E-state index in [-0.39, 0.29) is 22.7 Å². The quantitative estimate of drug-likeness (QED) is 0.332. The van der Waals surface area contributed by atoms with Crippen molar-refractivity contribution >= 4 is 38.9 Å². The zero-order chi connectivity index (χ0) is 28.4. The number of nitrogens with zero attached hydrogens (tertiary/aromatic N) is 1. The maximum Gasteiger partial charge on any atom is 0.416 e.